The lowest BCUT2D eigenvalue weighted by Crippen LogP contribution is -2.23. The lowest BCUT2D eigenvalue weighted by atomic mass is 10.1. The second-order valence-corrected chi connectivity index (χ2v) is 5.74. The molecule has 0 aromatic heterocycles. The maximum atomic E-state index is 5.93. The Balaban J connectivity index is 0.00000364. The molecule has 0 heterocycles. The fourth-order valence-corrected chi connectivity index (χ4v) is 2.45. The van der Waals surface area contributed by atoms with Crippen molar-refractivity contribution in [2.24, 2.45) is 10.7 Å². The van der Waals surface area contributed by atoms with E-state index in [1.165, 1.54) is 5.56 Å². The third-order valence-corrected chi connectivity index (χ3v) is 3.88. The van der Waals surface area contributed by atoms with Crippen molar-refractivity contribution in [2.45, 2.75) is 19.4 Å². The van der Waals surface area contributed by atoms with Crippen molar-refractivity contribution < 1.29 is 14.2 Å². The normalized spacial score (nSPS) is 12.0. The van der Waals surface area contributed by atoms with Crippen LogP contribution in [0.15, 0.2) is 53.5 Å². The lowest BCUT2D eigenvalue weighted by Gasteiger charge is -2.13. The number of anilines is 1. The van der Waals surface area contributed by atoms with E-state index in [4.69, 9.17) is 19.9 Å². The van der Waals surface area contributed by atoms with Gasteiger partial charge in [-0.05, 0) is 31.0 Å². The Morgan fingerprint density at radius 3 is 2.44 bits per heavy atom. The molecule has 1 atom stereocenters. The van der Waals surface area contributed by atoms with Crippen LogP contribution >= 0.6 is 24.0 Å². The first kappa shape index (κ1) is 23.0. The van der Waals surface area contributed by atoms with Crippen LogP contribution in [0.1, 0.15) is 25.0 Å². The van der Waals surface area contributed by atoms with Crippen LogP contribution in [0.3, 0.4) is 0 Å². The third kappa shape index (κ3) is 7.64. The molecule has 148 valence electrons. The van der Waals surface area contributed by atoms with Crippen molar-refractivity contribution in [3.63, 3.8) is 0 Å². The highest BCUT2D eigenvalue weighted by Gasteiger charge is 2.06. The molecule has 2 rings (SSSR count). The van der Waals surface area contributed by atoms with E-state index in [-0.39, 0.29) is 30.1 Å². The summed E-state index contributed by atoms with van der Waals surface area (Å²) in [6.07, 6.45) is 0.869. The molecule has 7 heteroatoms. The van der Waals surface area contributed by atoms with Gasteiger partial charge < -0.3 is 25.3 Å². The predicted octanol–water partition coefficient (Wildman–Crippen LogP) is 4.22. The number of guanidine groups is 1. The largest absolute Gasteiger partial charge is 0.493 e. The number of ether oxygens (including phenoxy) is 3. The Bertz CT molecular complexity index is 711. The van der Waals surface area contributed by atoms with Crippen molar-refractivity contribution in [3.05, 3.63) is 54.1 Å². The smallest absolute Gasteiger partial charge is 0.193 e. The number of hydrogen-bond donors (Lipinski definition) is 2. The van der Waals surface area contributed by atoms with E-state index in [1.807, 2.05) is 43.3 Å². The number of benzene rings is 2. The molecule has 0 bridgehead atoms. The van der Waals surface area contributed by atoms with Gasteiger partial charge in [0.05, 0.1) is 20.3 Å². The lowest BCUT2D eigenvalue weighted by molar-refractivity contribution is 0.0652. The minimum absolute atomic E-state index is 0. The summed E-state index contributed by atoms with van der Waals surface area (Å²) in [5.41, 5.74) is 7.89. The van der Waals surface area contributed by atoms with Crippen LogP contribution in [-0.4, -0.2) is 33.3 Å². The van der Waals surface area contributed by atoms with E-state index < -0.39 is 0 Å². The summed E-state index contributed by atoms with van der Waals surface area (Å²) in [7, 11) is 3.19. The molecule has 0 radical (unpaired) electrons. The summed E-state index contributed by atoms with van der Waals surface area (Å²) in [6.45, 7) is 3.27. The van der Waals surface area contributed by atoms with Crippen LogP contribution in [0.5, 0.6) is 11.5 Å². The molecule has 27 heavy (non-hydrogen) atoms. The third-order valence-electron chi connectivity index (χ3n) is 3.88. The van der Waals surface area contributed by atoms with Gasteiger partial charge in [0.1, 0.15) is 0 Å². The van der Waals surface area contributed by atoms with Gasteiger partial charge in [-0.25, -0.2) is 0 Å². The second kappa shape index (κ2) is 12.4. The Kier molecular flexibility index (Phi) is 10.6. The molecule has 1 unspecified atom stereocenters. The molecule has 0 aliphatic heterocycles. The van der Waals surface area contributed by atoms with Crippen LogP contribution in [0, 0.1) is 0 Å². The number of hydrogen-bond acceptors (Lipinski definition) is 4. The highest BCUT2D eigenvalue weighted by atomic mass is 127. The zero-order valence-electron chi connectivity index (χ0n) is 16.0. The first-order valence-corrected chi connectivity index (χ1v) is 8.59. The molecule has 0 saturated heterocycles. The van der Waals surface area contributed by atoms with Gasteiger partial charge in [0.2, 0.25) is 0 Å². The average molecular weight is 485 g/mol. The van der Waals surface area contributed by atoms with Gasteiger partial charge in [-0.3, -0.25) is 4.99 Å². The van der Waals surface area contributed by atoms with Crippen molar-refractivity contribution >= 4 is 35.6 Å². The zero-order valence-corrected chi connectivity index (χ0v) is 18.3. The molecular formula is C20H28IN3O3. The van der Waals surface area contributed by atoms with Crippen molar-refractivity contribution in [2.75, 3.05) is 32.7 Å². The summed E-state index contributed by atoms with van der Waals surface area (Å²) < 4.78 is 16.3. The van der Waals surface area contributed by atoms with Crippen LogP contribution in [0.4, 0.5) is 5.69 Å². The van der Waals surface area contributed by atoms with E-state index in [9.17, 15) is 0 Å². The number of halogens is 1. The number of nitrogens with one attached hydrogen (secondary N) is 1. The minimum atomic E-state index is 0. The molecule has 0 saturated carbocycles. The van der Waals surface area contributed by atoms with Crippen molar-refractivity contribution in [1.82, 2.24) is 0 Å². The first-order chi connectivity index (χ1) is 12.6. The van der Waals surface area contributed by atoms with E-state index in [0.717, 1.165) is 12.1 Å². The van der Waals surface area contributed by atoms with Gasteiger partial charge in [-0.15, -0.1) is 24.0 Å². The summed E-state index contributed by atoms with van der Waals surface area (Å²) in [5, 5.41) is 3.04. The number of aliphatic imine (C=N–C) groups is 1. The fourth-order valence-electron chi connectivity index (χ4n) is 2.45. The first-order valence-electron chi connectivity index (χ1n) is 8.59. The Hall–Kier alpha value is -2.00. The Labute approximate surface area is 178 Å². The fraction of sp³-hybridized carbons (Fsp3) is 0.350. The van der Waals surface area contributed by atoms with E-state index >= 15 is 0 Å². The van der Waals surface area contributed by atoms with E-state index in [2.05, 4.69) is 22.4 Å². The van der Waals surface area contributed by atoms with Crippen molar-refractivity contribution in [3.8, 4) is 11.5 Å². The summed E-state index contributed by atoms with van der Waals surface area (Å²) in [6, 6.07) is 15.6. The van der Waals surface area contributed by atoms with Crippen LogP contribution in [0.2, 0.25) is 0 Å². The number of nitrogens with zero attached hydrogens (tertiary/aromatic N) is 1. The highest BCUT2D eigenvalue weighted by molar-refractivity contribution is 14.0. The standard InChI is InChI=1S/C20H27N3O3.HI/c1-15(16-8-5-4-6-9-16)26-13-7-12-22-20(21)23-17-10-11-18(24-2)19(14-17)25-3;/h4-6,8-11,14-15H,7,12-13H2,1-3H3,(H3,21,22,23);1H. The van der Waals surface area contributed by atoms with Crippen LogP contribution in [-0.2, 0) is 4.74 Å². The van der Waals surface area contributed by atoms with Gasteiger partial charge in [0, 0.05) is 24.9 Å². The quantitative estimate of drug-likeness (QED) is 0.241. The predicted molar refractivity (Wildman–Crippen MR) is 120 cm³/mol. The Morgan fingerprint density at radius 2 is 1.78 bits per heavy atom. The van der Waals surface area contributed by atoms with Gasteiger partial charge in [-0.1, -0.05) is 30.3 Å². The maximum absolute atomic E-state index is 5.93. The molecule has 6 nitrogen and oxygen atoms in total. The van der Waals surface area contributed by atoms with Gasteiger partial charge >= 0.3 is 0 Å². The maximum Gasteiger partial charge on any atom is 0.193 e. The number of methoxy groups -OCH3 is 2. The molecule has 0 aliphatic rings. The van der Waals surface area contributed by atoms with E-state index in [1.54, 1.807) is 14.2 Å². The van der Waals surface area contributed by atoms with Crippen LogP contribution in [0.25, 0.3) is 0 Å². The van der Waals surface area contributed by atoms with E-state index in [0.29, 0.717) is 30.6 Å². The van der Waals surface area contributed by atoms with Crippen LogP contribution < -0.4 is 20.5 Å². The van der Waals surface area contributed by atoms with Gasteiger partial charge in [0.25, 0.3) is 0 Å². The molecule has 0 fully saturated rings. The average Bonchev–Trinajstić information content (AvgIpc) is 2.68. The van der Waals surface area contributed by atoms with Crippen molar-refractivity contribution in [1.29, 1.82) is 0 Å². The molecule has 2 aromatic rings. The molecule has 2 aromatic carbocycles. The number of rotatable bonds is 9. The topological polar surface area (TPSA) is 78.1 Å². The summed E-state index contributed by atoms with van der Waals surface area (Å²) in [4.78, 5) is 4.32. The Morgan fingerprint density at radius 1 is 1.07 bits per heavy atom. The number of nitrogens with two attached hydrogens (primary N) is 1. The van der Waals surface area contributed by atoms with Gasteiger partial charge in [0.15, 0.2) is 17.5 Å². The molecule has 0 amide bonds. The molecule has 3 N–H and O–H groups in total. The second-order valence-electron chi connectivity index (χ2n) is 5.74. The summed E-state index contributed by atoms with van der Waals surface area (Å²) >= 11 is 0. The minimum Gasteiger partial charge on any atom is -0.493 e. The molecule has 0 spiro atoms. The molecular weight excluding hydrogens is 457 g/mol. The van der Waals surface area contributed by atoms with Gasteiger partial charge in [-0.2, -0.15) is 0 Å². The monoisotopic (exact) mass is 485 g/mol. The molecule has 0 aliphatic carbocycles. The highest BCUT2D eigenvalue weighted by Crippen LogP contribution is 2.29. The summed E-state index contributed by atoms with van der Waals surface area (Å²) in [5.74, 6) is 1.65. The SMILES string of the molecule is COc1ccc(NC(N)=NCCCOC(C)c2ccccc2)cc1OC.I. The zero-order chi connectivity index (χ0) is 18.8.